The lowest BCUT2D eigenvalue weighted by Gasteiger charge is -2.24. The number of phosphoric acid groups is 1. The number of rotatable bonds is 56. The summed E-state index contributed by atoms with van der Waals surface area (Å²) in [5.41, 5.74) is 0. The third-order valence-corrected chi connectivity index (χ3v) is 13.7. The first-order chi connectivity index (χ1) is 40.0. The topological polar surface area (TPSA) is 108 Å². The maximum atomic E-state index is 12.9. The van der Waals surface area contributed by atoms with Gasteiger partial charge in [-0.05, 0) is 128 Å². The molecule has 0 heterocycles. The summed E-state index contributed by atoms with van der Waals surface area (Å²) in [5.74, 6) is -0.838. The maximum absolute atomic E-state index is 12.9. The highest BCUT2D eigenvalue weighted by Gasteiger charge is 2.27. The highest BCUT2D eigenvalue weighted by Crippen LogP contribution is 2.43. The fourth-order valence-corrected chi connectivity index (χ4v) is 8.66. The van der Waals surface area contributed by atoms with E-state index in [1.54, 1.807) is 0 Å². The van der Waals surface area contributed by atoms with Gasteiger partial charge in [0.25, 0.3) is 0 Å². The molecule has 0 radical (unpaired) electrons. The highest BCUT2D eigenvalue weighted by molar-refractivity contribution is 7.47. The summed E-state index contributed by atoms with van der Waals surface area (Å²) in [4.78, 5) is 35.8. The van der Waals surface area contributed by atoms with Crippen molar-refractivity contribution < 1.29 is 42.1 Å². The van der Waals surface area contributed by atoms with Gasteiger partial charge in [-0.3, -0.25) is 18.6 Å². The van der Waals surface area contributed by atoms with Crippen molar-refractivity contribution in [3.63, 3.8) is 0 Å². The number of ether oxygens (including phenoxy) is 2. The van der Waals surface area contributed by atoms with E-state index in [0.29, 0.717) is 17.4 Å². The number of likely N-dealkylation sites (N-methyl/N-ethyl adjacent to an activating group) is 1. The molecular formula is C72H117NO8P+. The lowest BCUT2D eigenvalue weighted by atomic mass is 10.1. The van der Waals surface area contributed by atoms with E-state index in [1.807, 2.05) is 21.1 Å². The molecular weight excluding hydrogens is 1040 g/mol. The SMILES string of the molecule is CC/C=C\C/C=C\C/C=C\C/C=C\C/C=C\C/C=C\C/C=C\C/C=C\CCCCCCCCC(=O)OC(COC(=O)CCCCCCCCCC/C=C\C/C=C\C/C=C\C/C=C\C/C=C\C/C=C\CC)COP(=O)(O)OCC[N+](C)(C)C. The van der Waals surface area contributed by atoms with E-state index in [2.05, 4.69) is 184 Å². The molecule has 0 aromatic heterocycles. The summed E-state index contributed by atoms with van der Waals surface area (Å²) in [5, 5.41) is 0. The number of esters is 2. The first kappa shape index (κ1) is 77.4. The molecule has 0 aromatic rings. The number of hydrogen-bond donors (Lipinski definition) is 1. The van der Waals surface area contributed by atoms with Crippen LogP contribution in [0, 0.1) is 0 Å². The van der Waals surface area contributed by atoms with Gasteiger partial charge < -0.3 is 18.9 Å². The number of hydrogen-bond acceptors (Lipinski definition) is 7. The zero-order valence-corrected chi connectivity index (χ0v) is 53.3. The molecule has 0 aliphatic heterocycles. The first-order valence-corrected chi connectivity index (χ1v) is 33.4. The molecule has 2 atom stereocenters. The molecule has 0 spiro atoms. The molecule has 0 aliphatic carbocycles. The Kier molecular flexibility index (Phi) is 57.5. The Morgan fingerprint density at radius 3 is 0.976 bits per heavy atom. The van der Waals surface area contributed by atoms with Crippen LogP contribution in [0.1, 0.15) is 219 Å². The molecule has 0 amide bonds. The standard InChI is InChI=1S/C72H116NO8P/c1-6-8-10-12-14-16-18-20-22-24-26-28-30-32-34-35-36-37-39-41-43-45-47-49-51-53-55-57-59-61-63-65-72(75)81-70(69-80-82(76,77)79-67-66-73(3,4)5)68-78-71(74)64-62-60-58-56-54-52-50-48-46-44-42-40-38-33-31-29-27-25-23-21-19-17-15-13-11-9-7-2/h8-11,14-17,20-23,26-29,32-34,36-38,41-44,47,49,70H,6-7,12-13,18-19,24-25,30-31,35,39-40,45-46,48,50-69H2,1-5H3/p+1/b10-8-,11-9-,16-14-,17-15-,22-20-,23-21-,28-26-,29-27-,34-32-,37-36-,38-33-,43-41-,44-42-,49-47-. The average molecular weight is 1160 g/mol. The molecule has 0 aromatic carbocycles. The molecule has 0 saturated carbocycles. The fourth-order valence-electron chi connectivity index (χ4n) is 7.92. The zero-order chi connectivity index (χ0) is 59.8. The van der Waals surface area contributed by atoms with Crippen LogP contribution in [-0.4, -0.2) is 74.9 Å². The van der Waals surface area contributed by atoms with Crippen molar-refractivity contribution in [2.24, 2.45) is 0 Å². The van der Waals surface area contributed by atoms with Crippen molar-refractivity contribution in [3.8, 4) is 0 Å². The van der Waals surface area contributed by atoms with Gasteiger partial charge in [0.1, 0.15) is 19.8 Å². The summed E-state index contributed by atoms with van der Waals surface area (Å²) < 4.78 is 34.6. The minimum absolute atomic E-state index is 0.0168. The van der Waals surface area contributed by atoms with Gasteiger partial charge in [-0.1, -0.05) is 248 Å². The summed E-state index contributed by atoms with van der Waals surface area (Å²) in [7, 11) is 1.43. The van der Waals surface area contributed by atoms with Crippen molar-refractivity contribution in [2.45, 2.75) is 225 Å². The maximum Gasteiger partial charge on any atom is 0.472 e. The Bertz CT molecular complexity index is 1990. The van der Waals surface area contributed by atoms with Crippen LogP contribution < -0.4 is 0 Å². The second kappa shape index (κ2) is 60.9. The molecule has 0 fully saturated rings. The number of quaternary nitrogens is 1. The van der Waals surface area contributed by atoms with Gasteiger partial charge in [0.15, 0.2) is 6.10 Å². The molecule has 82 heavy (non-hydrogen) atoms. The Hall–Kier alpha value is -4.63. The quantitative estimate of drug-likeness (QED) is 0.0211. The van der Waals surface area contributed by atoms with E-state index in [1.165, 1.54) is 25.7 Å². The van der Waals surface area contributed by atoms with Crippen molar-refractivity contribution in [1.82, 2.24) is 0 Å². The monoisotopic (exact) mass is 1150 g/mol. The Morgan fingerprint density at radius 1 is 0.378 bits per heavy atom. The Labute approximate surface area is 502 Å². The van der Waals surface area contributed by atoms with Gasteiger partial charge in [-0.25, -0.2) is 4.57 Å². The average Bonchev–Trinajstić information content (AvgIpc) is 3.46. The van der Waals surface area contributed by atoms with E-state index in [4.69, 9.17) is 18.5 Å². The van der Waals surface area contributed by atoms with E-state index < -0.39 is 26.5 Å². The molecule has 0 saturated heterocycles. The van der Waals surface area contributed by atoms with E-state index in [-0.39, 0.29) is 32.0 Å². The minimum atomic E-state index is -4.41. The lowest BCUT2D eigenvalue weighted by Crippen LogP contribution is -2.37. The third kappa shape index (κ3) is 64.5. The van der Waals surface area contributed by atoms with E-state index in [9.17, 15) is 19.0 Å². The molecule has 9 nitrogen and oxygen atoms in total. The van der Waals surface area contributed by atoms with Crippen molar-refractivity contribution >= 4 is 19.8 Å². The first-order valence-electron chi connectivity index (χ1n) is 31.9. The van der Waals surface area contributed by atoms with Gasteiger partial charge in [-0.2, -0.15) is 0 Å². The smallest absolute Gasteiger partial charge is 0.462 e. The number of carbonyl (C=O) groups excluding carboxylic acids is 2. The zero-order valence-electron chi connectivity index (χ0n) is 52.4. The van der Waals surface area contributed by atoms with Crippen LogP contribution >= 0.6 is 7.82 Å². The van der Waals surface area contributed by atoms with Crippen LogP contribution in [0.5, 0.6) is 0 Å². The van der Waals surface area contributed by atoms with Crippen LogP contribution in [0.3, 0.4) is 0 Å². The fraction of sp³-hybridized carbons (Fsp3) is 0.583. The van der Waals surface area contributed by atoms with Crippen molar-refractivity contribution in [1.29, 1.82) is 0 Å². The Morgan fingerprint density at radius 2 is 0.659 bits per heavy atom. The van der Waals surface area contributed by atoms with Gasteiger partial charge >= 0.3 is 19.8 Å². The molecule has 2 unspecified atom stereocenters. The number of carbonyl (C=O) groups is 2. The van der Waals surface area contributed by atoms with Crippen molar-refractivity contribution in [2.75, 3.05) is 47.5 Å². The van der Waals surface area contributed by atoms with Crippen molar-refractivity contribution in [3.05, 3.63) is 170 Å². The highest BCUT2D eigenvalue weighted by atomic mass is 31.2. The number of nitrogens with zero attached hydrogens (tertiary/aromatic N) is 1. The number of allylic oxidation sites excluding steroid dienone is 28. The predicted molar refractivity (Wildman–Crippen MR) is 353 cm³/mol. The van der Waals surface area contributed by atoms with Crippen LogP contribution in [0.2, 0.25) is 0 Å². The third-order valence-electron chi connectivity index (χ3n) is 12.7. The molecule has 1 N–H and O–H groups in total. The molecule has 0 bridgehead atoms. The van der Waals surface area contributed by atoms with Crippen LogP contribution in [-0.2, 0) is 32.7 Å². The van der Waals surface area contributed by atoms with E-state index >= 15 is 0 Å². The second-order valence-corrected chi connectivity index (χ2v) is 23.1. The summed E-state index contributed by atoms with van der Waals surface area (Å²) in [6.45, 7) is 4.15. The van der Waals surface area contributed by atoms with Crippen LogP contribution in [0.4, 0.5) is 0 Å². The summed E-state index contributed by atoms with van der Waals surface area (Å²) in [6.07, 6.45) is 92.8. The van der Waals surface area contributed by atoms with Gasteiger partial charge in [0.05, 0.1) is 27.7 Å². The van der Waals surface area contributed by atoms with Gasteiger partial charge in [0.2, 0.25) is 0 Å². The molecule has 10 heteroatoms. The van der Waals surface area contributed by atoms with Crippen LogP contribution in [0.15, 0.2) is 170 Å². The van der Waals surface area contributed by atoms with E-state index in [0.717, 1.165) is 161 Å². The number of phosphoric ester groups is 1. The predicted octanol–water partition coefficient (Wildman–Crippen LogP) is 20.6. The molecule has 462 valence electrons. The molecule has 0 aliphatic rings. The summed E-state index contributed by atoms with van der Waals surface area (Å²) >= 11 is 0. The normalized spacial score (nSPS) is 14.4. The van der Waals surface area contributed by atoms with Gasteiger partial charge in [0, 0.05) is 12.8 Å². The van der Waals surface area contributed by atoms with Gasteiger partial charge in [-0.15, -0.1) is 0 Å². The Balaban J connectivity index is 4.24. The largest absolute Gasteiger partial charge is 0.472 e. The minimum Gasteiger partial charge on any atom is -0.462 e. The molecule has 0 rings (SSSR count). The lowest BCUT2D eigenvalue weighted by molar-refractivity contribution is -0.870. The number of unbranched alkanes of at least 4 members (excludes halogenated alkanes) is 14. The summed E-state index contributed by atoms with van der Waals surface area (Å²) in [6, 6.07) is 0. The second-order valence-electron chi connectivity index (χ2n) is 21.7. The van der Waals surface area contributed by atoms with Crippen LogP contribution in [0.25, 0.3) is 0 Å².